The van der Waals surface area contributed by atoms with Gasteiger partial charge in [-0.1, -0.05) is 18.2 Å². The molecule has 24 heavy (non-hydrogen) atoms. The van der Waals surface area contributed by atoms with Crippen LogP contribution in [0.2, 0.25) is 0 Å². The Balaban J connectivity index is 2.46. The van der Waals surface area contributed by atoms with E-state index in [1.54, 1.807) is 33.8 Å². The number of fused-ring (bicyclic) bond motifs is 1. The predicted octanol–water partition coefficient (Wildman–Crippen LogP) is 3.18. The number of aldehydes is 1. The Morgan fingerprint density at radius 2 is 1.88 bits per heavy atom. The number of methoxy groups -OCH3 is 1. The first-order valence-electron chi connectivity index (χ1n) is 7.60. The number of ether oxygens (including phenoxy) is 2. The Labute approximate surface area is 141 Å². The summed E-state index contributed by atoms with van der Waals surface area (Å²) in [5.74, 6) is 0.277. The molecule has 128 valence electrons. The van der Waals surface area contributed by atoms with E-state index in [1.165, 1.54) is 7.11 Å². The van der Waals surface area contributed by atoms with Crippen molar-refractivity contribution < 1.29 is 19.1 Å². The van der Waals surface area contributed by atoms with Crippen LogP contribution in [-0.2, 0) is 15.1 Å². The van der Waals surface area contributed by atoms with E-state index >= 15 is 0 Å². The molecular weight excluding hydrogens is 308 g/mol. The summed E-state index contributed by atoms with van der Waals surface area (Å²) in [5, 5.41) is 3.45. The van der Waals surface area contributed by atoms with Crippen LogP contribution in [0.4, 0.5) is 4.79 Å². The van der Waals surface area contributed by atoms with Crippen LogP contribution in [0.25, 0.3) is 10.9 Å². The van der Waals surface area contributed by atoms with Crippen molar-refractivity contribution in [1.82, 2.24) is 10.3 Å². The molecule has 0 saturated carbocycles. The average Bonchev–Trinajstić information content (AvgIpc) is 2.51. The number of para-hydroxylation sites is 1. The van der Waals surface area contributed by atoms with Crippen LogP contribution in [0.15, 0.2) is 30.3 Å². The van der Waals surface area contributed by atoms with E-state index in [2.05, 4.69) is 10.3 Å². The number of hydrogen-bond donors (Lipinski definition) is 1. The molecule has 1 atom stereocenters. The molecule has 0 bridgehead atoms. The van der Waals surface area contributed by atoms with Gasteiger partial charge in [0.05, 0.1) is 12.6 Å². The molecule has 1 aromatic carbocycles. The fourth-order valence-corrected chi connectivity index (χ4v) is 2.30. The van der Waals surface area contributed by atoms with Crippen LogP contribution < -0.4 is 10.1 Å². The first kappa shape index (κ1) is 17.7. The third-order valence-corrected chi connectivity index (χ3v) is 3.44. The van der Waals surface area contributed by atoms with Gasteiger partial charge in [0.15, 0.2) is 0 Å². The molecule has 1 aromatic heterocycles. The molecule has 0 spiro atoms. The molecule has 0 saturated heterocycles. The van der Waals surface area contributed by atoms with Crippen molar-refractivity contribution in [3.63, 3.8) is 0 Å². The van der Waals surface area contributed by atoms with Gasteiger partial charge in [0, 0.05) is 10.9 Å². The minimum Gasteiger partial charge on any atom is -0.481 e. The molecule has 0 aliphatic carbocycles. The Hall–Kier alpha value is -2.63. The molecule has 1 amide bonds. The largest absolute Gasteiger partial charge is 0.481 e. The number of nitrogens with zero attached hydrogens (tertiary/aromatic N) is 1. The molecule has 6 nitrogen and oxygen atoms in total. The number of carbonyl (C=O) groups excluding carboxylic acids is 2. The van der Waals surface area contributed by atoms with Gasteiger partial charge in [0.25, 0.3) is 0 Å². The highest BCUT2D eigenvalue weighted by Gasteiger charge is 2.34. The molecular formula is C18H22N2O4. The summed E-state index contributed by atoms with van der Waals surface area (Å²) < 4.78 is 10.6. The van der Waals surface area contributed by atoms with Gasteiger partial charge >= 0.3 is 6.09 Å². The third-order valence-electron chi connectivity index (χ3n) is 3.44. The zero-order valence-electron chi connectivity index (χ0n) is 14.5. The number of alkyl carbamates (subject to hydrolysis) is 1. The zero-order chi connectivity index (χ0) is 18.0. The minimum absolute atomic E-state index is 0.277. The van der Waals surface area contributed by atoms with Crippen molar-refractivity contribution >= 4 is 23.3 Å². The molecule has 0 radical (unpaired) electrons. The Bertz CT molecular complexity index is 767. The highest BCUT2D eigenvalue weighted by Crippen LogP contribution is 2.30. The third kappa shape index (κ3) is 3.82. The van der Waals surface area contributed by atoms with Gasteiger partial charge < -0.3 is 19.6 Å². The van der Waals surface area contributed by atoms with Gasteiger partial charge in [-0.25, -0.2) is 9.78 Å². The topological polar surface area (TPSA) is 77.5 Å². The lowest BCUT2D eigenvalue weighted by molar-refractivity contribution is -0.113. The van der Waals surface area contributed by atoms with E-state index in [0.717, 1.165) is 10.9 Å². The van der Waals surface area contributed by atoms with Crippen molar-refractivity contribution in [3.05, 3.63) is 35.9 Å². The SMILES string of the molecule is COc1nc2ccccc2cc1C(C)(C=O)NC(=O)OC(C)(C)C. The second-order valence-electron chi connectivity index (χ2n) is 6.69. The molecule has 1 N–H and O–H groups in total. The molecule has 0 fully saturated rings. The maximum atomic E-state index is 12.1. The van der Waals surface area contributed by atoms with Gasteiger partial charge in [0.1, 0.15) is 17.4 Å². The maximum Gasteiger partial charge on any atom is 0.408 e. The Morgan fingerprint density at radius 1 is 1.21 bits per heavy atom. The quantitative estimate of drug-likeness (QED) is 0.871. The average molecular weight is 330 g/mol. The van der Waals surface area contributed by atoms with Crippen molar-refractivity contribution in [2.24, 2.45) is 0 Å². The highest BCUT2D eigenvalue weighted by molar-refractivity contribution is 5.84. The van der Waals surface area contributed by atoms with Gasteiger partial charge in [-0.2, -0.15) is 0 Å². The van der Waals surface area contributed by atoms with E-state index in [0.29, 0.717) is 11.8 Å². The standard InChI is InChI=1S/C18H22N2O4/c1-17(2,3)24-16(22)20-18(4,11-21)13-10-12-8-6-7-9-14(12)19-15(13)23-5/h6-11H,1-5H3,(H,20,22). The molecule has 2 rings (SSSR count). The summed E-state index contributed by atoms with van der Waals surface area (Å²) in [7, 11) is 1.47. The summed E-state index contributed by atoms with van der Waals surface area (Å²) in [6, 6.07) is 9.25. The predicted molar refractivity (Wildman–Crippen MR) is 91.1 cm³/mol. The van der Waals surface area contributed by atoms with E-state index < -0.39 is 17.2 Å². The monoisotopic (exact) mass is 330 g/mol. The smallest absolute Gasteiger partial charge is 0.408 e. The molecule has 6 heteroatoms. The van der Waals surface area contributed by atoms with Gasteiger partial charge in [-0.3, -0.25) is 0 Å². The Kier molecular flexibility index (Phi) is 4.78. The summed E-state index contributed by atoms with van der Waals surface area (Å²) in [5.41, 5.74) is -0.794. The van der Waals surface area contributed by atoms with E-state index in [9.17, 15) is 9.59 Å². The summed E-state index contributed by atoms with van der Waals surface area (Å²) >= 11 is 0. The van der Waals surface area contributed by atoms with Crippen LogP contribution in [0.1, 0.15) is 33.3 Å². The van der Waals surface area contributed by atoms with Crippen LogP contribution in [0, 0.1) is 0 Å². The number of carbonyl (C=O) groups is 2. The lowest BCUT2D eigenvalue weighted by atomic mass is 9.93. The van der Waals surface area contributed by atoms with Crippen molar-refractivity contribution in [2.45, 2.75) is 38.8 Å². The first-order chi connectivity index (χ1) is 11.2. The van der Waals surface area contributed by atoms with Crippen LogP contribution in [-0.4, -0.2) is 30.1 Å². The summed E-state index contributed by atoms with van der Waals surface area (Å²) in [4.78, 5) is 28.3. The number of rotatable bonds is 4. The zero-order valence-corrected chi connectivity index (χ0v) is 14.5. The summed E-state index contributed by atoms with van der Waals surface area (Å²) in [6.45, 7) is 6.84. The first-order valence-corrected chi connectivity index (χ1v) is 7.60. The molecule has 1 heterocycles. The van der Waals surface area contributed by atoms with E-state index in [4.69, 9.17) is 9.47 Å². The van der Waals surface area contributed by atoms with E-state index in [1.807, 2.05) is 24.3 Å². The maximum absolute atomic E-state index is 12.1. The van der Waals surface area contributed by atoms with Crippen molar-refractivity contribution in [1.29, 1.82) is 0 Å². The minimum atomic E-state index is -1.33. The Morgan fingerprint density at radius 3 is 2.46 bits per heavy atom. The van der Waals surface area contributed by atoms with E-state index in [-0.39, 0.29) is 5.88 Å². The van der Waals surface area contributed by atoms with Crippen molar-refractivity contribution in [3.8, 4) is 5.88 Å². The summed E-state index contributed by atoms with van der Waals surface area (Å²) in [6.07, 6.45) is -0.0436. The van der Waals surface area contributed by atoms with Gasteiger partial charge in [-0.15, -0.1) is 0 Å². The number of benzene rings is 1. The fourth-order valence-electron chi connectivity index (χ4n) is 2.30. The second kappa shape index (κ2) is 6.47. The van der Waals surface area contributed by atoms with Crippen LogP contribution in [0.5, 0.6) is 5.88 Å². The van der Waals surface area contributed by atoms with Gasteiger partial charge in [-0.05, 0) is 39.8 Å². The number of hydrogen-bond acceptors (Lipinski definition) is 5. The normalized spacial score (nSPS) is 13.9. The fraction of sp³-hybridized carbons (Fsp3) is 0.389. The number of aromatic nitrogens is 1. The highest BCUT2D eigenvalue weighted by atomic mass is 16.6. The lowest BCUT2D eigenvalue weighted by Gasteiger charge is -2.28. The molecule has 0 aliphatic heterocycles. The van der Waals surface area contributed by atoms with Crippen LogP contribution >= 0.6 is 0 Å². The second-order valence-corrected chi connectivity index (χ2v) is 6.69. The molecule has 2 aromatic rings. The van der Waals surface area contributed by atoms with Crippen LogP contribution in [0.3, 0.4) is 0 Å². The van der Waals surface area contributed by atoms with Gasteiger partial charge in [0.2, 0.25) is 5.88 Å². The number of pyridine rings is 1. The van der Waals surface area contributed by atoms with Crippen molar-refractivity contribution in [2.75, 3.05) is 7.11 Å². The molecule has 0 aliphatic rings. The number of amides is 1. The lowest BCUT2D eigenvalue weighted by Crippen LogP contribution is -2.47. The number of nitrogens with one attached hydrogen (secondary N) is 1. The molecule has 1 unspecified atom stereocenters.